The van der Waals surface area contributed by atoms with Crippen LogP contribution in [0.25, 0.3) is 0 Å². The molecule has 1 N–H and O–H groups in total. The summed E-state index contributed by atoms with van der Waals surface area (Å²) in [5, 5.41) is 3.61. The zero-order valence-corrected chi connectivity index (χ0v) is 15.3. The van der Waals surface area contributed by atoms with E-state index in [2.05, 4.69) is 12.2 Å². The summed E-state index contributed by atoms with van der Waals surface area (Å²) in [6.07, 6.45) is 3.39. The van der Waals surface area contributed by atoms with Gasteiger partial charge in [-0.25, -0.2) is 0 Å². The Hall–Kier alpha value is -1.88. The molecule has 2 heterocycles. The first-order valence-electron chi connectivity index (χ1n) is 9.50. The number of anilines is 1. The third-order valence-corrected chi connectivity index (χ3v) is 5.48. The average Bonchev–Trinajstić information content (AvgIpc) is 2.65. The van der Waals surface area contributed by atoms with Crippen molar-refractivity contribution < 1.29 is 9.59 Å². The van der Waals surface area contributed by atoms with Gasteiger partial charge in [0.05, 0.1) is 6.04 Å². The minimum absolute atomic E-state index is 0.116. The fourth-order valence-corrected chi connectivity index (χ4v) is 4.00. The fraction of sp³-hybridized carbons (Fsp3) is 0.600. The first kappa shape index (κ1) is 17.9. The van der Waals surface area contributed by atoms with Crippen LogP contribution in [0, 0.1) is 5.92 Å². The van der Waals surface area contributed by atoms with Crippen LogP contribution in [0.2, 0.25) is 0 Å². The van der Waals surface area contributed by atoms with Crippen molar-refractivity contribution in [2.24, 2.45) is 5.92 Å². The molecule has 0 spiro atoms. The lowest BCUT2D eigenvalue weighted by atomic mass is 9.91. The van der Waals surface area contributed by atoms with Crippen LogP contribution in [-0.2, 0) is 9.59 Å². The van der Waals surface area contributed by atoms with Gasteiger partial charge in [-0.1, -0.05) is 32.0 Å². The highest BCUT2D eigenvalue weighted by Crippen LogP contribution is 2.23. The highest BCUT2D eigenvalue weighted by molar-refractivity contribution is 5.97. The number of para-hydroxylation sites is 1. The molecule has 0 bridgehead atoms. The number of carbonyl (C=O) groups is 2. The van der Waals surface area contributed by atoms with Gasteiger partial charge >= 0.3 is 0 Å². The maximum Gasteiger partial charge on any atom is 0.244 e. The summed E-state index contributed by atoms with van der Waals surface area (Å²) in [4.78, 5) is 28.7. The van der Waals surface area contributed by atoms with Crippen molar-refractivity contribution in [1.29, 1.82) is 0 Å². The molecule has 136 valence electrons. The molecule has 2 amide bonds. The minimum Gasteiger partial charge on any atom is -0.342 e. The maximum absolute atomic E-state index is 12.9. The molecule has 3 atom stereocenters. The summed E-state index contributed by atoms with van der Waals surface area (Å²) in [6.45, 7) is 6.46. The van der Waals surface area contributed by atoms with Gasteiger partial charge in [0, 0.05) is 37.8 Å². The number of nitrogens with zero attached hydrogens (tertiary/aromatic N) is 2. The van der Waals surface area contributed by atoms with E-state index in [0.717, 1.165) is 44.6 Å². The summed E-state index contributed by atoms with van der Waals surface area (Å²) >= 11 is 0. The maximum atomic E-state index is 12.9. The standard InChI is InChI=1S/C20H29N3O2/c1-3-19(24)22-13-11-17(15(2)14-22)21-18-10-7-12-23(20(18)25)16-8-5-4-6-9-16/h4-6,8-9,15,17-18,21H,3,7,10-14H2,1-2H3. The molecule has 0 aromatic heterocycles. The lowest BCUT2D eigenvalue weighted by Crippen LogP contribution is -2.58. The third-order valence-electron chi connectivity index (χ3n) is 5.48. The van der Waals surface area contributed by atoms with E-state index >= 15 is 0 Å². The topological polar surface area (TPSA) is 52.7 Å². The second-order valence-corrected chi connectivity index (χ2v) is 7.25. The van der Waals surface area contributed by atoms with Crippen LogP contribution in [0.1, 0.15) is 39.5 Å². The predicted octanol–water partition coefficient (Wildman–Crippen LogP) is 2.42. The van der Waals surface area contributed by atoms with E-state index in [1.807, 2.05) is 47.1 Å². The average molecular weight is 343 g/mol. The molecule has 1 aromatic carbocycles. The van der Waals surface area contributed by atoms with Crippen molar-refractivity contribution in [2.45, 2.75) is 51.6 Å². The summed E-state index contributed by atoms with van der Waals surface area (Å²) < 4.78 is 0. The molecule has 0 radical (unpaired) electrons. The highest BCUT2D eigenvalue weighted by Gasteiger charge is 2.34. The van der Waals surface area contributed by atoms with E-state index in [4.69, 9.17) is 0 Å². The number of hydrogen-bond donors (Lipinski definition) is 1. The number of amides is 2. The number of likely N-dealkylation sites (tertiary alicyclic amines) is 1. The van der Waals surface area contributed by atoms with Gasteiger partial charge < -0.3 is 15.1 Å². The van der Waals surface area contributed by atoms with E-state index < -0.39 is 0 Å². The Kier molecular flexibility index (Phi) is 5.74. The van der Waals surface area contributed by atoms with Crippen molar-refractivity contribution in [3.8, 4) is 0 Å². The number of hydrogen-bond acceptors (Lipinski definition) is 3. The molecule has 2 fully saturated rings. The van der Waals surface area contributed by atoms with E-state index in [9.17, 15) is 9.59 Å². The minimum atomic E-state index is -0.116. The van der Waals surface area contributed by atoms with Crippen molar-refractivity contribution in [3.63, 3.8) is 0 Å². The second kappa shape index (κ2) is 8.00. The summed E-state index contributed by atoms with van der Waals surface area (Å²) in [5.74, 6) is 0.773. The number of benzene rings is 1. The van der Waals surface area contributed by atoms with Gasteiger partial charge in [0.2, 0.25) is 11.8 Å². The first-order valence-corrected chi connectivity index (χ1v) is 9.50. The van der Waals surface area contributed by atoms with Crippen molar-refractivity contribution in [2.75, 3.05) is 24.5 Å². The summed E-state index contributed by atoms with van der Waals surface area (Å²) in [6, 6.07) is 10.1. The van der Waals surface area contributed by atoms with Gasteiger partial charge in [-0.05, 0) is 37.3 Å². The zero-order valence-electron chi connectivity index (χ0n) is 15.3. The summed E-state index contributed by atoms with van der Waals surface area (Å²) in [5.41, 5.74) is 0.982. The second-order valence-electron chi connectivity index (χ2n) is 7.25. The SMILES string of the molecule is CCC(=O)N1CCC(NC2CCCN(c3ccccc3)C2=O)C(C)C1. The van der Waals surface area contributed by atoms with Crippen LogP contribution < -0.4 is 10.2 Å². The van der Waals surface area contributed by atoms with Crippen molar-refractivity contribution >= 4 is 17.5 Å². The Balaban J connectivity index is 1.61. The van der Waals surface area contributed by atoms with Crippen LogP contribution in [0.4, 0.5) is 5.69 Å². The molecular weight excluding hydrogens is 314 g/mol. The van der Waals surface area contributed by atoms with Crippen molar-refractivity contribution in [1.82, 2.24) is 10.2 Å². The van der Waals surface area contributed by atoms with Crippen LogP contribution >= 0.6 is 0 Å². The fourth-order valence-electron chi connectivity index (χ4n) is 4.00. The van der Waals surface area contributed by atoms with Crippen LogP contribution in [-0.4, -0.2) is 48.4 Å². The van der Waals surface area contributed by atoms with Crippen molar-refractivity contribution in [3.05, 3.63) is 30.3 Å². The molecule has 0 saturated carbocycles. The Labute approximate surface area is 150 Å². The van der Waals surface area contributed by atoms with Crippen LogP contribution in [0.15, 0.2) is 30.3 Å². The van der Waals surface area contributed by atoms with Gasteiger partial charge in [-0.2, -0.15) is 0 Å². The number of carbonyl (C=O) groups excluding carboxylic acids is 2. The number of nitrogens with one attached hydrogen (secondary N) is 1. The molecule has 0 aliphatic carbocycles. The molecule has 25 heavy (non-hydrogen) atoms. The first-order chi connectivity index (χ1) is 12.1. The Morgan fingerprint density at radius 3 is 2.64 bits per heavy atom. The van der Waals surface area contributed by atoms with E-state index in [0.29, 0.717) is 18.4 Å². The van der Waals surface area contributed by atoms with Gasteiger partial charge in [-0.3, -0.25) is 9.59 Å². The molecule has 5 heteroatoms. The molecule has 5 nitrogen and oxygen atoms in total. The van der Waals surface area contributed by atoms with Gasteiger partial charge in [0.1, 0.15) is 0 Å². The lowest BCUT2D eigenvalue weighted by Gasteiger charge is -2.41. The predicted molar refractivity (Wildman–Crippen MR) is 99.4 cm³/mol. The Morgan fingerprint density at radius 1 is 1.20 bits per heavy atom. The number of piperidine rings is 2. The quantitative estimate of drug-likeness (QED) is 0.913. The highest BCUT2D eigenvalue weighted by atomic mass is 16.2. The van der Waals surface area contributed by atoms with Crippen LogP contribution in [0.5, 0.6) is 0 Å². The van der Waals surface area contributed by atoms with Gasteiger partial charge in [0.25, 0.3) is 0 Å². The Morgan fingerprint density at radius 2 is 1.96 bits per heavy atom. The third kappa shape index (κ3) is 4.03. The van der Waals surface area contributed by atoms with E-state index in [1.165, 1.54) is 0 Å². The zero-order chi connectivity index (χ0) is 17.8. The smallest absolute Gasteiger partial charge is 0.244 e. The van der Waals surface area contributed by atoms with E-state index in [-0.39, 0.29) is 17.9 Å². The molecule has 3 unspecified atom stereocenters. The van der Waals surface area contributed by atoms with Gasteiger partial charge in [-0.15, -0.1) is 0 Å². The molecule has 1 aromatic rings. The molecule has 2 aliphatic rings. The number of rotatable bonds is 4. The normalized spacial score (nSPS) is 27.4. The largest absolute Gasteiger partial charge is 0.342 e. The molecular formula is C20H29N3O2. The van der Waals surface area contributed by atoms with E-state index in [1.54, 1.807) is 0 Å². The monoisotopic (exact) mass is 343 g/mol. The van der Waals surface area contributed by atoms with Gasteiger partial charge in [0.15, 0.2) is 0 Å². The Bertz CT molecular complexity index is 604. The molecule has 2 aliphatic heterocycles. The van der Waals surface area contributed by atoms with Crippen LogP contribution in [0.3, 0.4) is 0 Å². The molecule has 2 saturated heterocycles. The summed E-state index contributed by atoms with van der Waals surface area (Å²) in [7, 11) is 0. The lowest BCUT2D eigenvalue weighted by molar-refractivity contribution is -0.133. The molecule has 3 rings (SSSR count).